The van der Waals surface area contributed by atoms with Gasteiger partial charge in [0, 0.05) is 25.7 Å². The minimum absolute atomic E-state index is 0.192. The number of nitrogens with zero attached hydrogens (tertiary/aromatic N) is 1. The molecule has 0 saturated carbocycles. The highest BCUT2D eigenvalue weighted by molar-refractivity contribution is 6.39. The molecule has 8 nitrogen and oxygen atoms in total. The van der Waals surface area contributed by atoms with Crippen LogP contribution in [0.1, 0.15) is 11.6 Å². The van der Waals surface area contributed by atoms with Gasteiger partial charge in [-0.05, 0) is 29.8 Å². The lowest BCUT2D eigenvalue weighted by atomic mass is 10.0. The zero-order valence-corrected chi connectivity index (χ0v) is 17.5. The van der Waals surface area contributed by atoms with Crippen LogP contribution in [0.15, 0.2) is 42.5 Å². The molecule has 3 rings (SSSR count). The Morgan fingerprint density at radius 1 is 1.06 bits per heavy atom. The zero-order chi connectivity index (χ0) is 22.2. The summed E-state index contributed by atoms with van der Waals surface area (Å²) in [4.78, 5) is 27.0. The molecule has 166 valence electrons. The van der Waals surface area contributed by atoms with E-state index >= 15 is 0 Å². The largest absolute Gasteiger partial charge is 0.497 e. The fourth-order valence-electron chi connectivity index (χ4n) is 3.38. The fourth-order valence-corrected chi connectivity index (χ4v) is 3.38. The smallest absolute Gasteiger partial charge is 0.313 e. The lowest BCUT2D eigenvalue weighted by molar-refractivity contribution is -0.136. The molecular weight excluding hydrogens is 405 g/mol. The molecule has 0 spiro atoms. The molecule has 31 heavy (non-hydrogen) atoms. The summed E-state index contributed by atoms with van der Waals surface area (Å²) >= 11 is 0. The Bertz CT molecular complexity index is 901. The number of nitrogens with one attached hydrogen (secondary N) is 2. The molecular formula is C22H26FN3O5. The monoisotopic (exact) mass is 431 g/mol. The summed E-state index contributed by atoms with van der Waals surface area (Å²) in [6.45, 7) is 2.69. The van der Waals surface area contributed by atoms with Crippen molar-refractivity contribution in [1.82, 2.24) is 10.2 Å². The first-order chi connectivity index (χ1) is 15.0. The maximum atomic E-state index is 13.4. The number of halogens is 1. The van der Waals surface area contributed by atoms with Gasteiger partial charge in [-0.25, -0.2) is 4.39 Å². The normalized spacial score (nSPS) is 15.1. The Hall–Kier alpha value is -3.17. The van der Waals surface area contributed by atoms with E-state index in [1.54, 1.807) is 30.3 Å². The van der Waals surface area contributed by atoms with Gasteiger partial charge in [0.1, 0.15) is 17.3 Å². The van der Waals surface area contributed by atoms with E-state index in [0.29, 0.717) is 43.5 Å². The summed E-state index contributed by atoms with van der Waals surface area (Å²) in [5.74, 6) is -0.993. The maximum absolute atomic E-state index is 13.4. The van der Waals surface area contributed by atoms with Gasteiger partial charge in [-0.1, -0.05) is 12.1 Å². The Balaban J connectivity index is 1.66. The van der Waals surface area contributed by atoms with E-state index in [1.165, 1.54) is 26.4 Å². The van der Waals surface area contributed by atoms with Crippen LogP contribution in [-0.4, -0.2) is 63.8 Å². The molecule has 1 heterocycles. The Labute approximate surface area is 180 Å². The summed E-state index contributed by atoms with van der Waals surface area (Å²) in [6.07, 6.45) is 0. The van der Waals surface area contributed by atoms with Crippen LogP contribution in [0, 0.1) is 5.82 Å². The van der Waals surface area contributed by atoms with Gasteiger partial charge >= 0.3 is 11.8 Å². The third-order valence-electron chi connectivity index (χ3n) is 5.06. The molecule has 2 amide bonds. The van der Waals surface area contributed by atoms with Gasteiger partial charge in [-0.3, -0.25) is 14.5 Å². The van der Waals surface area contributed by atoms with Gasteiger partial charge in [0.05, 0.1) is 39.2 Å². The molecule has 0 aromatic heterocycles. The molecule has 0 aliphatic carbocycles. The third-order valence-corrected chi connectivity index (χ3v) is 5.06. The van der Waals surface area contributed by atoms with Crippen LogP contribution in [0.25, 0.3) is 0 Å². The topological polar surface area (TPSA) is 89.1 Å². The maximum Gasteiger partial charge on any atom is 0.313 e. The Kier molecular flexibility index (Phi) is 7.80. The molecule has 0 radical (unpaired) electrons. The van der Waals surface area contributed by atoms with Gasteiger partial charge in [-0.15, -0.1) is 0 Å². The molecule has 2 aromatic carbocycles. The van der Waals surface area contributed by atoms with E-state index in [4.69, 9.17) is 14.2 Å². The first-order valence-corrected chi connectivity index (χ1v) is 9.90. The lowest BCUT2D eigenvalue weighted by Gasteiger charge is -2.34. The van der Waals surface area contributed by atoms with E-state index in [0.717, 1.165) is 5.56 Å². The van der Waals surface area contributed by atoms with Gasteiger partial charge in [0.15, 0.2) is 0 Å². The Morgan fingerprint density at radius 2 is 1.77 bits per heavy atom. The molecule has 2 N–H and O–H groups in total. The van der Waals surface area contributed by atoms with Crippen LogP contribution in [0.5, 0.6) is 11.5 Å². The van der Waals surface area contributed by atoms with Crippen LogP contribution in [0.4, 0.5) is 10.1 Å². The van der Waals surface area contributed by atoms with Crippen molar-refractivity contribution in [2.24, 2.45) is 0 Å². The number of ether oxygens (including phenoxy) is 3. The second kappa shape index (κ2) is 10.7. The predicted molar refractivity (Wildman–Crippen MR) is 113 cm³/mol. The number of carbonyl (C=O) groups is 2. The fraction of sp³-hybridized carbons (Fsp3) is 0.364. The highest BCUT2D eigenvalue weighted by Crippen LogP contribution is 2.29. The zero-order valence-electron chi connectivity index (χ0n) is 17.5. The molecule has 0 bridgehead atoms. The van der Waals surface area contributed by atoms with Crippen LogP contribution < -0.4 is 20.1 Å². The SMILES string of the molecule is COc1ccc(NC(=O)C(=O)NC[C@@H](c2ccc(F)cc2)N2CCOCC2)c(OC)c1. The van der Waals surface area contributed by atoms with E-state index in [2.05, 4.69) is 15.5 Å². The van der Waals surface area contributed by atoms with Crippen LogP contribution >= 0.6 is 0 Å². The van der Waals surface area contributed by atoms with Crippen molar-refractivity contribution in [2.45, 2.75) is 6.04 Å². The van der Waals surface area contributed by atoms with E-state index in [9.17, 15) is 14.0 Å². The highest BCUT2D eigenvalue weighted by Gasteiger charge is 2.25. The predicted octanol–water partition coefficient (Wildman–Crippen LogP) is 1.97. The average molecular weight is 431 g/mol. The van der Waals surface area contributed by atoms with Crippen molar-refractivity contribution >= 4 is 17.5 Å². The summed E-state index contributed by atoms with van der Waals surface area (Å²) in [6, 6.07) is 10.8. The molecule has 1 aliphatic heterocycles. The van der Waals surface area contributed by atoms with E-state index in [-0.39, 0.29) is 18.4 Å². The number of hydrogen-bond acceptors (Lipinski definition) is 6. The van der Waals surface area contributed by atoms with Crippen molar-refractivity contribution in [1.29, 1.82) is 0 Å². The van der Waals surface area contributed by atoms with Gasteiger partial charge in [-0.2, -0.15) is 0 Å². The van der Waals surface area contributed by atoms with Crippen LogP contribution in [0.2, 0.25) is 0 Å². The molecule has 1 aliphatic rings. The molecule has 2 aromatic rings. The van der Waals surface area contributed by atoms with Crippen molar-refractivity contribution < 1.29 is 28.2 Å². The number of morpholine rings is 1. The summed E-state index contributed by atoms with van der Waals surface area (Å²) in [5, 5.41) is 5.23. The van der Waals surface area contributed by atoms with Crippen molar-refractivity contribution in [3.63, 3.8) is 0 Å². The molecule has 1 fully saturated rings. The second-order valence-corrected chi connectivity index (χ2v) is 6.95. The number of rotatable bonds is 7. The standard InChI is InChI=1S/C22H26FN3O5/c1-29-17-7-8-18(20(13-17)30-2)25-22(28)21(27)24-14-19(26-9-11-31-12-10-26)15-3-5-16(23)6-4-15/h3-8,13,19H,9-12,14H2,1-2H3,(H,24,27)(H,25,28)/t19-/m0/s1. The first kappa shape index (κ1) is 22.5. The van der Waals surface area contributed by atoms with Gasteiger partial charge < -0.3 is 24.8 Å². The number of carbonyl (C=O) groups excluding carboxylic acids is 2. The van der Waals surface area contributed by atoms with E-state index < -0.39 is 11.8 Å². The van der Waals surface area contributed by atoms with Gasteiger partial charge in [0.25, 0.3) is 0 Å². The summed E-state index contributed by atoms with van der Waals surface area (Å²) < 4.78 is 29.1. The summed E-state index contributed by atoms with van der Waals surface area (Å²) in [7, 11) is 2.98. The lowest BCUT2D eigenvalue weighted by Crippen LogP contribution is -2.45. The Morgan fingerprint density at radius 3 is 2.42 bits per heavy atom. The quantitative estimate of drug-likeness (QED) is 0.652. The first-order valence-electron chi connectivity index (χ1n) is 9.90. The number of methoxy groups -OCH3 is 2. The number of benzene rings is 2. The van der Waals surface area contributed by atoms with E-state index in [1.807, 2.05) is 0 Å². The number of amides is 2. The molecule has 1 saturated heterocycles. The molecule has 1 atom stereocenters. The van der Waals surface area contributed by atoms with Gasteiger partial charge in [0.2, 0.25) is 0 Å². The van der Waals surface area contributed by atoms with Crippen LogP contribution in [0.3, 0.4) is 0 Å². The van der Waals surface area contributed by atoms with Crippen LogP contribution in [-0.2, 0) is 14.3 Å². The third kappa shape index (κ3) is 5.93. The van der Waals surface area contributed by atoms with Crippen molar-refractivity contribution in [3.8, 4) is 11.5 Å². The van der Waals surface area contributed by atoms with Crippen molar-refractivity contribution in [3.05, 3.63) is 53.8 Å². The van der Waals surface area contributed by atoms with Crippen molar-refractivity contribution in [2.75, 3.05) is 52.4 Å². The highest BCUT2D eigenvalue weighted by atomic mass is 19.1. The summed E-state index contributed by atoms with van der Waals surface area (Å²) in [5.41, 5.74) is 1.20. The molecule has 9 heteroatoms. The number of anilines is 1. The average Bonchev–Trinajstić information content (AvgIpc) is 2.81. The minimum Gasteiger partial charge on any atom is -0.497 e. The number of hydrogen-bond donors (Lipinski definition) is 2. The molecule has 0 unspecified atom stereocenters. The minimum atomic E-state index is -0.816. The second-order valence-electron chi connectivity index (χ2n) is 6.95.